The predicted molar refractivity (Wildman–Crippen MR) is 187 cm³/mol. The molecule has 1 fully saturated rings. The van der Waals surface area contributed by atoms with Gasteiger partial charge in [0.2, 0.25) is 17.6 Å². The van der Waals surface area contributed by atoms with Gasteiger partial charge in [-0.1, -0.05) is 6.07 Å². The van der Waals surface area contributed by atoms with Gasteiger partial charge in [-0.3, -0.25) is 28.1 Å². The molecule has 0 bridgehead atoms. The number of nitrogens with two attached hydrogens (primary N) is 1. The van der Waals surface area contributed by atoms with Crippen molar-refractivity contribution in [2.24, 2.45) is 7.05 Å². The highest BCUT2D eigenvalue weighted by atomic mass is 16.5. The quantitative estimate of drug-likeness (QED) is 0.110. The number of amides is 1. The fourth-order valence-corrected chi connectivity index (χ4v) is 6.24. The van der Waals surface area contributed by atoms with Gasteiger partial charge in [-0.05, 0) is 51.3 Å². The van der Waals surface area contributed by atoms with Crippen LogP contribution in [-0.4, -0.2) is 82.8 Å². The first kappa shape index (κ1) is 35.1. The van der Waals surface area contributed by atoms with E-state index < -0.39 is 23.6 Å². The number of Topliss-reactive ketones (excluding diaryl/α,β-unsaturated/α-hetero) is 1. The van der Waals surface area contributed by atoms with Crippen LogP contribution in [0.4, 0.5) is 11.8 Å². The number of ether oxygens (including phenoxy) is 3. The summed E-state index contributed by atoms with van der Waals surface area (Å²) >= 11 is 0. The first-order valence-electron chi connectivity index (χ1n) is 16.8. The normalized spacial score (nSPS) is 15.8. The van der Waals surface area contributed by atoms with Crippen LogP contribution in [0.1, 0.15) is 56.0 Å². The van der Waals surface area contributed by atoms with Crippen LogP contribution < -0.4 is 37.1 Å². The first-order valence-corrected chi connectivity index (χ1v) is 16.8. The van der Waals surface area contributed by atoms with Crippen LogP contribution in [0.5, 0.6) is 11.5 Å². The van der Waals surface area contributed by atoms with E-state index in [1.165, 1.54) is 16.2 Å². The van der Waals surface area contributed by atoms with Crippen molar-refractivity contribution in [3.05, 3.63) is 56.8 Å². The minimum absolute atomic E-state index is 0.0238. The van der Waals surface area contributed by atoms with E-state index in [4.69, 9.17) is 19.9 Å². The van der Waals surface area contributed by atoms with E-state index in [9.17, 15) is 19.2 Å². The number of fused-ring (bicyclic) bond motifs is 2. The molecule has 18 nitrogen and oxygen atoms in total. The molecule has 0 spiro atoms. The number of carbonyl (C=O) groups excluding carboxylic acids is 2. The number of carbonyl (C=O) groups is 2. The number of ketones is 1. The molecular weight excluding hydrogens is 662 g/mol. The Bertz CT molecular complexity index is 2240. The Hall–Kier alpha value is -5.78. The number of aryl methyl sites for hydroxylation is 2. The standard InChI is InChI=1S/C33H41N11O7/c1-6-35-30(46)21-11-12-23(51-21)44-17-37-24-26(34)38-32(40-28(24)44)36-13-14-50-20-10-9-18(16-22(20)49-5)15-19(45)27-39-29-25(41(27)4)31(47)43(8-3)33(48)42(29)7-2/h9-10,16-17,21,23H,6-8,11-15H2,1-5H3,(H,35,46)(H3,34,36,38,40)/t21-,23+/m0/s1. The third kappa shape index (κ3) is 6.61. The minimum Gasteiger partial charge on any atom is -0.493 e. The molecule has 1 aliphatic rings. The van der Waals surface area contributed by atoms with E-state index in [1.807, 2.05) is 6.92 Å². The summed E-state index contributed by atoms with van der Waals surface area (Å²) < 4.78 is 23.2. The molecule has 0 unspecified atom stereocenters. The molecule has 6 rings (SSSR count). The smallest absolute Gasteiger partial charge is 0.332 e. The van der Waals surface area contributed by atoms with Gasteiger partial charge in [0, 0.05) is 33.1 Å². The Morgan fingerprint density at radius 2 is 1.82 bits per heavy atom. The summed E-state index contributed by atoms with van der Waals surface area (Å²) in [5.74, 6) is 0.952. The molecule has 18 heteroatoms. The molecule has 4 aromatic heterocycles. The van der Waals surface area contributed by atoms with Crippen molar-refractivity contribution in [3.8, 4) is 11.5 Å². The molecule has 1 saturated heterocycles. The minimum atomic E-state index is -0.543. The molecule has 0 aliphatic carbocycles. The average Bonchev–Trinajstić information content (AvgIpc) is 3.85. The molecular formula is C33H41N11O7. The van der Waals surface area contributed by atoms with Gasteiger partial charge in [0.15, 0.2) is 40.0 Å². The number of nitrogens with one attached hydrogen (secondary N) is 2. The maximum Gasteiger partial charge on any atom is 0.332 e. The van der Waals surface area contributed by atoms with Crippen molar-refractivity contribution < 1.29 is 23.8 Å². The predicted octanol–water partition coefficient (Wildman–Crippen LogP) is 1.40. The molecule has 1 aromatic carbocycles. The number of methoxy groups -OCH3 is 1. The highest BCUT2D eigenvalue weighted by Crippen LogP contribution is 2.32. The molecule has 270 valence electrons. The summed E-state index contributed by atoms with van der Waals surface area (Å²) in [4.78, 5) is 69.2. The Labute approximate surface area is 291 Å². The number of rotatable bonds is 14. The summed E-state index contributed by atoms with van der Waals surface area (Å²) in [5.41, 5.74) is 7.19. The highest BCUT2D eigenvalue weighted by molar-refractivity contribution is 5.97. The maximum atomic E-state index is 13.4. The van der Waals surface area contributed by atoms with E-state index in [2.05, 4.69) is 30.6 Å². The average molecular weight is 704 g/mol. The fraction of sp³-hybridized carbons (Fsp3) is 0.455. The number of likely N-dealkylation sites (N-methyl/N-ethyl adjacent to an activating group) is 1. The van der Waals surface area contributed by atoms with E-state index in [1.54, 1.807) is 50.0 Å². The van der Waals surface area contributed by atoms with Crippen LogP contribution in [-0.2, 0) is 36.1 Å². The molecule has 1 aliphatic heterocycles. The van der Waals surface area contributed by atoms with Crippen molar-refractivity contribution in [1.82, 2.24) is 43.5 Å². The van der Waals surface area contributed by atoms with Crippen LogP contribution >= 0.6 is 0 Å². The van der Waals surface area contributed by atoms with Gasteiger partial charge in [0.25, 0.3) is 5.56 Å². The van der Waals surface area contributed by atoms with Crippen molar-refractivity contribution in [1.29, 1.82) is 0 Å². The maximum absolute atomic E-state index is 13.4. The lowest BCUT2D eigenvalue weighted by atomic mass is 10.1. The van der Waals surface area contributed by atoms with Gasteiger partial charge < -0.3 is 35.1 Å². The molecule has 51 heavy (non-hydrogen) atoms. The topological polar surface area (TPSA) is 217 Å². The summed E-state index contributed by atoms with van der Waals surface area (Å²) in [6.45, 7) is 6.92. The zero-order valence-corrected chi connectivity index (χ0v) is 29.1. The van der Waals surface area contributed by atoms with Crippen molar-refractivity contribution in [2.45, 2.75) is 65.5 Å². The van der Waals surface area contributed by atoms with Crippen molar-refractivity contribution in [2.75, 3.05) is 37.9 Å². The first-order chi connectivity index (χ1) is 24.6. The second-order valence-corrected chi connectivity index (χ2v) is 11.9. The monoisotopic (exact) mass is 703 g/mol. The number of nitrogen functional groups attached to an aromatic ring is 1. The highest BCUT2D eigenvalue weighted by Gasteiger charge is 2.33. The SMILES string of the molecule is CCNC(=O)[C@@H]1CC[C@H](n2cnc3c(N)nc(NCCOc4ccc(CC(=O)c5nc6c(c(=O)n(CC)c(=O)n6CC)n5C)cc4OC)nc32)O1. The molecule has 2 atom stereocenters. The summed E-state index contributed by atoms with van der Waals surface area (Å²) in [5, 5.41) is 5.91. The lowest BCUT2D eigenvalue weighted by Crippen LogP contribution is -2.39. The number of hydrogen-bond acceptors (Lipinski definition) is 13. The number of anilines is 2. The van der Waals surface area contributed by atoms with Gasteiger partial charge in [-0.15, -0.1) is 0 Å². The molecule has 5 heterocycles. The zero-order valence-electron chi connectivity index (χ0n) is 29.1. The summed E-state index contributed by atoms with van der Waals surface area (Å²) in [7, 11) is 3.10. The summed E-state index contributed by atoms with van der Waals surface area (Å²) in [6, 6.07) is 5.16. The van der Waals surface area contributed by atoms with E-state index in [0.29, 0.717) is 60.7 Å². The third-order valence-corrected chi connectivity index (χ3v) is 8.76. The van der Waals surface area contributed by atoms with Crippen molar-refractivity contribution >= 4 is 45.8 Å². The second-order valence-electron chi connectivity index (χ2n) is 11.9. The van der Waals surface area contributed by atoms with Gasteiger partial charge in [0.1, 0.15) is 24.5 Å². The van der Waals surface area contributed by atoms with E-state index in [0.717, 1.165) is 4.57 Å². The summed E-state index contributed by atoms with van der Waals surface area (Å²) in [6.07, 6.45) is 1.80. The Balaban J connectivity index is 1.10. The second kappa shape index (κ2) is 14.6. The fourth-order valence-electron chi connectivity index (χ4n) is 6.24. The van der Waals surface area contributed by atoms with E-state index in [-0.39, 0.29) is 60.0 Å². The van der Waals surface area contributed by atoms with Gasteiger partial charge >= 0.3 is 5.69 Å². The van der Waals surface area contributed by atoms with Gasteiger partial charge in [-0.2, -0.15) is 9.97 Å². The van der Waals surface area contributed by atoms with Crippen LogP contribution in [0, 0.1) is 0 Å². The number of hydrogen-bond donors (Lipinski definition) is 3. The van der Waals surface area contributed by atoms with Gasteiger partial charge in [-0.25, -0.2) is 14.8 Å². The molecule has 1 amide bonds. The Kier molecular flexibility index (Phi) is 10.0. The van der Waals surface area contributed by atoms with Crippen LogP contribution in [0.2, 0.25) is 0 Å². The molecule has 4 N–H and O–H groups in total. The van der Waals surface area contributed by atoms with E-state index >= 15 is 0 Å². The number of benzene rings is 1. The molecule has 5 aromatic rings. The Morgan fingerprint density at radius 1 is 1.04 bits per heavy atom. The Morgan fingerprint density at radius 3 is 2.55 bits per heavy atom. The lowest BCUT2D eigenvalue weighted by Gasteiger charge is -2.15. The number of imidazole rings is 2. The molecule has 0 radical (unpaired) electrons. The lowest BCUT2D eigenvalue weighted by molar-refractivity contribution is -0.133. The van der Waals surface area contributed by atoms with Crippen LogP contribution in [0.25, 0.3) is 22.3 Å². The molecule has 0 saturated carbocycles. The number of aromatic nitrogens is 8. The van der Waals surface area contributed by atoms with Gasteiger partial charge in [0.05, 0.1) is 20.0 Å². The van der Waals surface area contributed by atoms with Crippen LogP contribution in [0.3, 0.4) is 0 Å². The van der Waals surface area contributed by atoms with Crippen LogP contribution in [0.15, 0.2) is 34.1 Å². The number of nitrogens with zero attached hydrogens (tertiary/aromatic N) is 8. The largest absolute Gasteiger partial charge is 0.493 e. The van der Waals surface area contributed by atoms with Crippen molar-refractivity contribution in [3.63, 3.8) is 0 Å². The zero-order chi connectivity index (χ0) is 36.4. The third-order valence-electron chi connectivity index (χ3n) is 8.76.